The number of rotatable bonds is 5. The predicted molar refractivity (Wildman–Crippen MR) is 115 cm³/mol. The molecular formula is C22H21BrN4O. The maximum Gasteiger partial charge on any atom is 0.269 e. The van der Waals surface area contributed by atoms with Gasteiger partial charge in [-0.3, -0.25) is 4.79 Å². The van der Waals surface area contributed by atoms with Gasteiger partial charge in [0.1, 0.15) is 11.5 Å². The molecule has 28 heavy (non-hydrogen) atoms. The van der Waals surface area contributed by atoms with E-state index in [1.165, 1.54) is 0 Å². The number of imidazole rings is 1. The van der Waals surface area contributed by atoms with E-state index in [-0.39, 0.29) is 11.9 Å². The lowest BCUT2D eigenvalue weighted by molar-refractivity contribution is 0.0925. The lowest BCUT2D eigenvalue weighted by Crippen LogP contribution is -2.30. The Kier molecular flexibility index (Phi) is 5.05. The monoisotopic (exact) mass is 436 g/mol. The number of fused-ring (bicyclic) bond motifs is 1. The highest BCUT2D eigenvalue weighted by molar-refractivity contribution is 9.10. The van der Waals surface area contributed by atoms with Gasteiger partial charge in [0.2, 0.25) is 0 Å². The van der Waals surface area contributed by atoms with Gasteiger partial charge in [0.15, 0.2) is 0 Å². The van der Waals surface area contributed by atoms with Crippen molar-refractivity contribution in [1.29, 1.82) is 0 Å². The number of aromatic amines is 1. The van der Waals surface area contributed by atoms with Gasteiger partial charge in [-0.15, -0.1) is 0 Å². The Labute approximate surface area is 171 Å². The number of amides is 1. The number of aromatic nitrogens is 3. The molecule has 1 amide bonds. The minimum absolute atomic E-state index is 0.130. The number of benzene rings is 2. The third kappa shape index (κ3) is 3.24. The van der Waals surface area contributed by atoms with Gasteiger partial charge in [0.25, 0.3) is 5.91 Å². The number of para-hydroxylation sites is 1. The van der Waals surface area contributed by atoms with E-state index >= 15 is 0 Å². The van der Waals surface area contributed by atoms with Gasteiger partial charge < -0.3 is 14.9 Å². The molecule has 2 aromatic carbocycles. The van der Waals surface area contributed by atoms with E-state index in [9.17, 15) is 4.79 Å². The molecule has 2 heterocycles. The summed E-state index contributed by atoms with van der Waals surface area (Å²) in [6, 6.07) is 17.8. The molecule has 5 nitrogen and oxygen atoms in total. The molecule has 0 bridgehead atoms. The maximum atomic E-state index is 13.1. The van der Waals surface area contributed by atoms with Crippen LogP contribution in [0.4, 0.5) is 0 Å². The van der Waals surface area contributed by atoms with Crippen molar-refractivity contribution < 1.29 is 4.79 Å². The second-order valence-electron chi connectivity index (χ2n) is 6.72. The third-order valence-corrected chi connectivity index (χ3v) is 5.79. The molecule has 4 rings (SSSR count). The first-order valence-electron chi connectivity index (χ1n) is 9.24. The molecule has 0 saturated carbocycles. The van der Waals surface area contributed by atoms with Crippen LogP contribution < -0.4 is 5.32 Å². The number of carbonyl (C=O) groups is 1. The molecule has 1 unspecified atom stereocenters. The van der Waals surface area contributed by atoms with Gasteiger partial charge in [-0.25, -0.2) is 4.98 Å². The second kappa shape index (κ2) is 7.64. The summed E-state index contributed by atoms with van der Waals surface area (Å²) in [5, 5.41) is 4.14. The lowest BCUT2D eigenvalue weighted by Gasteiger charge is -2.15. The van der Waals surface area contributed by atoms with E-state index in [1.807, 2.05) is 79.3 Å². The van der Waals surface area contributed by atoms with E-state index in [4.69, 9.17) is 0 Å². The summed E-state index contributed by atoms with van der Waals surface area (Å²) in [5.41, 5.74) is 3.62. The first-order valence-corrected chi connectivity index (χ1v) is 10.0. The van der Waals surface area contributed by atoms with Crippen LogP contribution in [0.1, 0.15) is 35.7 Å². The van der Waals surface area contributed by atoms with E-state index in [2.05, 4.69) is 31.2 Å². The van der Waals surface area contributed by atoms with Crippen molar-refractivity contribution in [3.63, 3.8) is 0 Å². The number of nitrogens with zero attached hydrogens (tertiary/aromatic N) is 2. The molecule has 6 heteroatoms. The Morgan fingerprint density at radius 2 is 1.89 bits per heavy atom. The average molecular weight is 437 g/mol. The van der Waals surface area contributed by atoms with Gasteiger partial charge in [-0.2, -0.15) is 0 Å². The Balaban J connectivity index is 1.61. The zero-order valence-electron chi connectivity index (χ0n) is 15.7. The maximum absolute atomic E-state index is 13.1. The summed E-state index contributed by atoms with van der Waals surface area (Å²) in [6.45, 7) is 2.03. The van der Waals surface area contributed by atoms with Crippen molar-refractivity contribution in [1.82, 2.24) is 19.9 Å². The molecule has 0 saturated heterocycles. The van der Waals surface area contributed by atoms with Crippen molar-refractivity contribution in [3.05, 3.63) is 76.8 Å². The van der Waals surface area contributed by atoms with E-state index in [0.717, 1.165) is 38.9 Å². The highest BCUT2D eigenvalue weighted by Gasteiger charge is 2.23. The summed E-state index contributed by atoms with van der Waals surface area (Å²) < 4.78 is 2.72. The van der Waals surface area contributed by atoms with Crippen molar-refractivity contribution in [2.24, 2.45) is 7.05 Å². The van der Waals surface area contributed by atoms with Crippen LogP contribution in [-0.2, 0) is 7.05 Å². The van der Waals surface area contributed by atoms with Crippen LogP contribution in [-0.4, -0.2) is 20.4 Å². The van der Waals surface area contributed by atoms with Crippen LogP contribution in [0.3, 0.4) is 0 Å². The summed E-state index contributed by atoms with van der Waals surface area (Å²) in [5.74, 6) is 0.625. The molecule has 4 aromatic rings. The van der Waals surface area contributed by atoms with E-state index in [1.54, 1.807) is 0 Å². The van der Waals surface area contributed by atoms with Crippen molar-refractivity contribution in [3.8, 4) is 11.3 Å². The van der Waals surface area contributed by atoms with Crippen molar-refractivity contribution in [2.45, 2.75) is 19.4 Å². The molecule has 1 atom stereocenters. The molecule has 2 N–H and O–H groups in total. The summed E-state index contributed by atoms with van der Waals surface area (Å²) in [6.07, 6.45) is 2.54. The first-order chi connectivity index (χ1) is 13.6. The number of hydrogen-bond acceptors (Lipinski definition) is 2. The quantitative estimate of drug-likeness (QED) is 0.450. The fraction of sp³-hybridized carbons (Fsp3) is 0.182. The van der Waals surface area contributed by atoms with E-state index < -0.39 is 0 Å². The van der Waals surface area contributed by atoms with Crippen molar-refractivity contribution >= 4 is 32.7 Å². The van der Waals surface area contributed by atoms with Crippen molar-refractivity contribution in [2.75, 3.05) is 0 Å². The molecule has 0 spiro atoms. The van der Waals surface area contributed by atoms with E-state index in [0.29, 0.717) is 5.69 Å². The number of nitrogens with one attached hydrogen (secondary N) is 2. The molecule has 0 aliphatic carbocycles. The molecule has 0 aliphatic rings. The van der Waals surface area contributed by atoms with Gasteiger partial charge in [0.05, 0.1) is 22.4 Å². The van der Waals surface area contributed by atoms with Crippen LogP contribution in [0.5, 0.6) is 0 Å². The molecule has 2 aromatic heterocycles. The summed E-state index contributed by atoms with van der Waals surface area (Å²) in [4.78, 5) is 20.9. The molecular weight excluding hydrogens is 416 g/mol. The Bertz CT molecular complexity index is 1090. The number of aryl methyl sites for hydroxylation is 1. The highest BCUT2D eigenvalue weighted by atomic mass is 79.9. The molecule has 0 radical (unpaired) electrons. The molecule has 142 valence electrons. The fourth-order valence-corrected chi connectivity index (χ4v) is 4.25. The van der Waals surface area contributed by atoms with Gasteiger partial charge in [0, 0.05) is 18.0 Å². The normalized spacial score (nSPS) is 12.2. The smallest absolute Gasteiger partial charge is 0.269 e. The first kappa shape index (κ1) is 18.5. The number of carbonyl (C=O) groups excluding carboxylic acids is 1. The van der Waals surface area contributed by atoms with Crippen LogP contribution in [0.25, 0.3) is 22.2 Å². The second-order valence-corrected chi connectivity index (χ2v) is 7.51. The Morgan fingerprint density at radius 1 is 1.18 bits per heavy atom. The zero-order chi connectivity index (χ0) is 19.7. The van der Waals surface area contributed by atoms with Gasteiger partial charge in [-0.05, 0) is 34.0 Å². The minimum atomic E-state index is -0.199. The number of H-pyrrole nitrogens is 1. The Hall–Kier alpha value is -2.86. The van der Waals surface area contributed by atoms with Gasteiger partial charge in [-0.1, -0.05) is 55.5 Å². The topological polar surface area (TPSA) is 62.7 Å². The largest absolute Gasteiger partial charge is 0.341 e. The van der Waals surface area contributed by atoms with Crippen LogP contribution in [0.15, 0.2) is 65.3 Å². The fourth-order valence-electron chi connectivity index (χ4n) is 3.47. The standard InChI is InChI=1S/C22H21BrN4O/c1-3-16(21-24-13-17(25-21)14-9-5-4-6-10-14)26-22(28)20-19(23)15-11-7-8-12-18(15)27(20)2/h4-13,16H,3H2,1-2H3,(H,24,25)(H,26,28). The Morgan fingerprint density at radius 3 is 2.61 bits per heavy atom. The van der Waals surface area contributed by atoms with Crippen LogP contribution >= 0.6 is 15.9 Å². The molecule has 0 fully saturated rings. The lowest BCUT2D eigenvalue weighted by atomic mass is 10.2. The predicted octanol–water partition coefficient (Wildman–Crippen LogP) is 5.21. The minimum Gasteiger partial charge on any atom is -0.341 e. The zero-order valence-corrected chi connectivity index (χ0v) is 17.3. The van der Waals surface area contributed by atoms with Crippen LogP contribution in [0, 0.1) is 0 Å². The van der Waals surface area contributed by atoms with Gasteiger partial charge >= 0.3 is 0 Å². The third-order valence-electron chi connectivity index (χ3n) is 4.98. The molecule has 0 aliphatic heterocycles. The average Bonchev–Trinajstić information content (AvgIpc) is 3.31. The number of halogens is 1. The SMILES string of the molecule is CCC(NC(=O)c1c(Br)c2ccccc2n1C)c1ncc(-c2ccccc2)[nH]1. The summed E-state index contributed by atoms with van der Waals surface area (Å²) >= 11 is 3.60. The number of hydrogen-bond donors (Lipinski definition) is 2. The van der Waals surface area contributed by atoms with Crippen LogP contribution in [0.2, 0.25) is 0 Å². The summed E-state index contributed by atoms with van der Waals surface area (Å²) in [7, 11) is 1.91. The highest BCUT2D eigenvalue weighted by Crippen LogP contribution is 2.30.